The van der Waals surface area contributed by atoms with Gasteiger partial charge in [-0.1, -0.05) is 42.5 Å². The van der Waals surface area contributed by atoms with E-state index in [9.17, 15) is 9.59 Å². The summed E-state index contributed by atoms with van der Waals surface area (Å²) in [6, 6.07) is 9.73. The maximum Gasteiger partial charge on any atom is 0.156 e. The standard InChI is InChI=1S/C16H16O2/c17-15-8-4-7-14(11-15)12-16(18)10-9-13-5-2-1-3-6-13/h1-6,8-10,14H,7,11-12H2. The zero-order valence-electron chi connectivity index (χ0n) is 10.2. The lowest BCUT2D eigenvalue weighted by molar-refractivity contribution is -0.117. The lowest BCUT2D eigenvalue weighted by atomic mass is 9.89. The molecule has 0 saturated heterocycles. The summed E-state index contributed by atoms with van der Waals surface area (Å²) in [6.07, 6.45) is 8.70. The molecule has 1 aliphatic rings. The van der Waals surface area contributed by atoms with E-state index < -0.39 is 0 Å². The van der Waals surface area contributed by atoms with Crippen molar-refractivity contribution in [1.29, 1.82) is 0 Å². The first-order valence-electron chi connectivity index (χ1n) is 6.19. The van der Waals surface area contributed by atoms with Crippen LogP contribution in [0.4, 0.5) is 0 Å². The van der Waals surface area contributed by atoms with Crippen molar-refractivity contribution >= 4 is 17.6 Å². The van der Waals surface area contributed by atoms with Crippen molar-refractivity contribution in [2.24, 2.45) is 5.92 Å². The molecule has 18 heavy (non-hydrogen) atoms. The average Bonchev–Trinajstić information content (AvgIpc) is 2.38. The fraction of sp³-hybridized carbons (Fsp3) is 0.250. The van der Waals surface area contributed by atoms with Gasteiger partial charge in [0.1, 0.15) is 0 Å². The van der Waals surface area contributed by atoms with Crippen LogP contribution in [0.3, 0.4) is 0 Å². The minimum absolute atomic E-state index is 0.0898. The quantitative estimate of drug-likeness (QED) is 0.757. The van der Waals surface area contributed by atoms with Crippen LogP contribution in [0, 0.1) is 5.92 Å². The third-order valence-electron chi connectivity index (χ3n) is 3.01. The van der Waals surface area contributed by atoms with Crippen molar-refractivity contribution in [2.45, 2.75) is 19.3 Å². The molecule has 0 spiro atoms. The predicted molar refractivity (Wildman–Crippen MR) is 72.0 cm³/mol. The van der Waals surface area contributed by atoms with Crippen LogP contribution in [-0.4, -0.2) is 11.6 Å². The zero-order valence-corrected chi connectivity index (χ0v) is 10.2. The summed E-state index contributed by atoms with van der Waals surface area (Å²) in [5.74, 6) is 0.397. The summed E-state index contributed by atoms with van der Waals surface area (Å²) in [6.45, 7) is 0. The molecule has 1 aliphatic carbocycles. The molecule has 1 aromatic carbocycles. The Balaban J connectivity index is 1.87. The summed E-state index contributed by atoms with van der Waals surface area (Å²) >= 11 is 0. The van der Waals surface area contributed by atoms with Gasteiger partial charge in [-0.2, -0.15) is 0 Å². The molecule has 0 aromatic heterocycles. The van der Waals surface area contributed by atoms with Crippen molar-refractivity contribution in [2.75, 3.05) is 0 Å². The number of hydrogen-bond acceptors (Lipinski definition) is 2. The molecule has 0 heterocycles. The number of allylic oxidation sites excluding steroid dienone is 3. The van der Waals surface area contributed by atoms with E-state index in [1.54, 1.807) is 12.2 Å². The van der Waals surface area contributed by atoms with E-state index in [0.717, 1.165) is 12.0 Å². The summed E-state index contributed by atoms with van der Waals surface area (Å²) in [5, 5.41) is 0. The van der Waals surface area contributed by atoms with Crippen molar-refractivity contribution < 1.29 is 9.59 Å². The van der Waals surface area contributed by atoms with Crippen LogP contribution in [0.1, 0.15) is 24.8 Å². The Hall–Kier alpha value is -1.96. The highest BCUT2D eigenvalue weighted by Crippen LogP contribution is 2.20. The predicted octanol–water partition coefficient (Wildman–Crippen LogP) is 3.19. The summed E-state index contributed by atoms with van der Waals surface area (Å²) in [4.78, 5) is 23.0. The molecule has 1 unspecified atom stereocenters. The maximum absolute atomic E-state index is 11.8. The zero-order chi connectivity index (χ0) is 12.8. The highest BCUT2D eigenvalue weighted by atomic mass is 16.1. The van der Waals surface area contributed by atoms with Gasteiger partial charge >= 0.3 is 0 Å². The molecule has 92 valence electrons. The number of carbonyl (C=O) groups is 2. The van der Waals surface area contributed by atoms with Crippen LogP contribution in [0.2, 0.25) is 0 Å². The first-order chi connectivity index (χ1) is 8.74. The Morgan fingerprint density at radius 2 is 2.06 bits per heavy atom. The van der Waals surface area contributed by atoms with Crippen molar-refractivity contribution in [3.63, 3.8) is 0 Å². The molecule has 0 aliphatic heterocycles. The molecule has 0 radical (unpaired) electrons. The fourth-order valence-corrected chi connectivity index (χ4v) is 2.09. The molecule has 2 rings (SSSR count). The van der Waals surface area contributed by atoms with E-state index >= 15 is 0 Å². The second-order valence-electron chi connectivity index (χ2n) is 4.59. The average molecular weight is 240 g/mol. The van der Waals surface area contributed by atoms with Crippen LogP contribution in [0.15, 0.2) is 48.6 Å². The smallest absolute Gasteiger partial charge is 0.156 e. The molecule has 1 atom stereocenters. The molecular formula is C16H16O2. The van der Waals surface area contributed by atoms with Gasteiger partial charge in [0.05, 0.1) is 0 Å². The molecule has 0 bridgehead atoms. The minimum Gasteiger partial charge on any atom is -0.295 e. The SMILES string of the molecule is O=C1C=CCC(CC(=O)C=Cc2ccccc2)C1. The monoisotopic (exact) mass is 240 g/mol. The lowest BCUT2D eigenvalue weighted by Crippen LogP contribution is -2.13. The molecule has 2 heteroatoms. The summed E-state index contributed by atoms with van der Waals surface area (Å²) in [7, 11) is 0. The first kappa shape index (κ1) is 12.5. The van der Waals surface area contributed by atoms with Crippen molar-refractivity contribution in [1.82, 2.24) is 0 Å². The molecule has 0 N–H and O–H groups in total. The highest BCUT2D eigenvalue weighted by molar-refractivity contribution is 5.95. The Kier molecular flexibility index (Phi) is 4.24. The Labute approximate surface area is 107 Å². The van der Waals surface area contributed by atoms with Crippen molar-refractivity contribution in [3.05, 3.63) is 54.1 Å². The number of carbonyl (C=O) groups excluding carboxylic acids is 2. The number of benzene rings is 1. The van der Waals surface area contributed by atoms with E-state index in [1.165, 1.54) is 0 Å². The Morgan fingerprint density at radius 1 is 1.28 bits per heavy atom. The molecule has 0 amide bonds. The van der Waals surface area contributed by atoms with Gasteiger partial charge in [0.25, 0.3) is 0 Å². The third kappa shape index (κ3) is 3.81. The number of ketones is 2. The molecular weight excluding hydrogens is 224 g/mol. The van der Waals surface area contributed by atoms with E-state index in [0.29, 0.717) is 12.8 Å². The van der Waals surface area contributed by atoms with Gasteiger partial charge in [0.2, 0.25) is 0 Å². The van der Waals surface area contributed by atoms with Crippen LogP contribution in [0.25, 0.3) is 6.08 Å². The van der Waals surface area contributed by atoms with E-state index in [-0.39, 0.29) is 17.5 Å². The molecule has 0 fully saturated rings. The van der Waals surface area contributed by atoms with Crippen molar-refractivity contribution in [3.8, 4) is 0 Å². The highest BCUT2D eigenvalue weighted by Gasteiger charge is 2.17. The van der Waals surface area contributed by atoms with Gasteiger partial charge < -0.3 is 0 Å². The van der Waals surface area contributed by atoms with Gasteiger partial charge in [0, 0.05) is 12.8 Å². The largest absolute Gasteiger partial charge is 0.295 e. The van der Waals surface area contributed by atoms with Gasteiger partial charge in [-0.25, -0.2) is 0 Å². The minimum atomic E-state index is 0.0898. The molecule has 2 nitrogen and oxygen atoms in total. The van der Waals surface area contributed by atoms with Crippen LogP contribution in [0.5, 0.6) is 0 Å². The Morgan fingerprint density at radius 3 is 2.78 bits per heavy atom. The topological polar surface area (TPSA) is 34.1 Å². The number of hydrogen-bond donors (Lipinski definition) is 0. The van der Waals surface area contributed by atoms with E-state index in [4.69, 9.17) is 0 Å². The fourth-order valence-electron chi connectivity index (χ4n) is 2.09. The van der Waals surface area contributed by atoms with Gasteiger partial charge in [0.15, 0.2) is 11.6 Å². The van der Waals surface area contributed by atoms with Gasteiger partial charge in [-0.3, -0.25) is 9.59 Å². The second kappa shape index (κ2) is 6.10. The lowest BCUT2D eigenvalue weighted by Gasteiger charge is -2.14. The first-order valence-corrected chi connectivity index (χ1v) is 6.19. The number of rotatable bonds is 4. The summed E-state index contributed by atoms with van der Waals surface area (Å²) < 4.78 is 0. The van der Waals surface area contributed by atoms with Crippen LogP contribution in [-0.2, 0) is 9.59 Å². The van der Waals surface area contributed by atoms with E-state index in [2.05, 4.69) is 0 Å². The second-order valence-corrected chi connectivity index (χ2v) is 4.59. The summed E-state index contributed by atoms with van der Waals surface area (Å²) in [5.41, 5.74) is 1.02. The van der Waals surface area contributed by atoms with Gasteiger partial charge in [-0.15, -0.1) is 0 Å². The van der Waals surface area contributed by atoms with E-state index in [1.807, 2.05) is 42.5 Å². The van der Waals surface area contributed by atoms with Gasteiger partial charge in [-0.05, 0) is 30.1 Å². The normalized spacial score (nSPS) is 19.3. The maximum atomic E-state index is 11.8. The molecule has 0 saturated carbocycles. The van der Waals surface area contributed by atoms with Crippen LogP contribution < -0.4 is 0 Å². The van der Waals surface area contributed by atoms with Crippen LogP contribution >= 0.6 is 0 Å². The third-order valence-corrected chi connectivity index (χ3v) is 3.01. The Bertz CT molecular complexity index is 483. The molecule has 1 aromatic rings.